The van der Waals surface area contributed by atoms with E-state index in [0.29, 0.717) is 22.0 Å². The van der Waals surface area contributed by atoms with E-state index in [-0.39, 0.29) is 18.7 Å². The second-order valence-corrected chi connectivity index (χ2v) is 5.70. The largest absolute Gasteiger partial charge is 0.495 e. The van der Waals surface area contributed by atoms with Crippen molar-refractivity contribution in [3.05, 3.63) is 58.6 Å². The van der Waals surface area contributed by atoms with Crippen LogP contribution in [-0.2, 0) is 0 Å². The van der Waals surface area contributed by atoms with Crippen LogP contribution in [0.3, 0.4) is 0 Å². The van der Waals surface area contributed by atoms with Crippen molar-refractivity contribution >= 4 is 29.1 Å². The predicted molar refractivity (Wildman–Crippen MR) is 95.2 cm³/mol. The van der Waals surface area contributed by atoms with Gasteiger partial charge in [0.15, 0.2) is 5.78 Å². The molecule has 0 bridgehead atoms. The molecule has 126 valence electrons. The van der Waals surface area contributed by atoms with Gasteiger partial charge in [0, 0.05) is 23.6 Å². The Labute approximate surface area is 146 Å². The number of ether oxygens (including phenoxy) is 1. The average Bonchev–Trinajstić information content (AvgIpc) is 2.55. The lowest BCUT2D eigenvalue weighted by Gasteiger charge is -2.11. The van der Waals surface area contributed by atoms with Crippen LogP contribution in [-0.4, -0.2) is 25.5 Å². The van der Waals surface area contributed by atoms with Crippen molar-refractivity contribution in [1.82, 2.24) is 5.32 Å². The standard InChI is InChI=1S/C18H19ClN2O3/c1-12-3-5-13(6-4-12)16(22)9-10-20-18(23)21-15-11-14(19)7-8-17(15)24-2/h3-8,11H,9-10H2,1-2H3,(H2,20,21,23). The van der Waals surface area contributed by atoms with Crippen molar-refractivity contribution < 1.29 is 14.3 Å². The summed E-state index contributed by atoms with van der Waals surface area (Å²) in [6, 6.07) is 11.9. The summed E-state index contributed by atoms with van der Waals surface area (Å²) in [6.45, 7) is 2.20. The predicted octanol–water partition coefficient (Wildman–Crippen LogP) is 4.05. The van der Waals surface area contributed by atoms with Crippen LogP contribution in [0.2, 0.25) is 5.02 Å². The molecule has 0 aliphatic heterocycles. The fourth-order valence-electron chi connectivity index (χ4n) is 2.12. The highest BCUT2D eigenvalue weighted by molar-refractivity contribution is 6.31. The second-order valence-electron chi connectivity index (χ2n) is 5.26. The maximum absolute atomic E-state index is 12.0. The van der Waals surface area contributed by atoms with Gasteiger partial charge in [0.25, 0.3) is 0 Å². The molecule has 6 heteroatoms. The van der Waals surface area contributed by atoms with Gasteiger partial charge in [-0.05, 0) is 25.1 Å². The molecule has 2 amide bonds. The van der Waals surface area contributed by atoms with Crippen molar-refractivity contribution in [3.63, 3.8) is 0 Å². The first-order valence-electron chi connectivity index (χ1n) is 7.48. The number of hydrogen-bond donors (Lipinski definition) is 2. The lowest BCUT2D eigenvalue weighted by molar-refractivity contribution is 0.0983. The summed E-state index contributed by atoms with van der Waals surface area (Å²) in [5, 5.41) is 5.78. The van der Waals surface area contributed by atoms with E-state index in [1.165, 1.54) is 7.11 Å². The highest BCUT2D eigenvalue weighted by atomic mass is 35.5. The number of urea groups is 1. The van der Waals surface area contributed by atoms with E-state index in [0.717, 1.165) is 5.56 Å². The van der Waals surface area contributed by atoms with Crippen LogP contribution in [0.5, 0.6) is 5.75 Å². The molecular weight excluding hydrogens is 328 g/mol. The van der Waals surface area contributed by atoms with Crippen molar-refractivity contribution in [1.29, 1.82) is 0 Å². The summed E-state index contributed by atoms with van der Waals surface area (Å²) < 4.78 is 5.16. The monoisotopic (exact) mass is 346 g/mol. The number of Topliss-reactive ketones (excluding diaryl/α,β-unsaturated/α-hetero) is 1. The molecule has 0 heterocycles. The number of aryl methyl sites for hydroxylation is 1. The van der Waals surface area contributed by atoms with E-state index in [4.69, 9.17) is 16.3 Å². The summed E-state index contributed by atoms with van der Waals surface area (Å²) in [5.74, 6) is 0.487. The van der Waals surface area contributed by atoms with E-state index >= 15 is 0 Å². The number of amides is 2. The number of halogens is 1. The van der Waals surface area contributed by atoms with E-state index in [9.17, 15) is 9.59 Å². The van der Waals surface area contributed by atoms with Gasteiger partial charge in [-0.3, -0.25) is 4.79 Å². The van der Waals surface area contributed by atoms with Gasteiger partial charge in [0.1, 0.15) is 5.75 Å². The van der Waals surface area contributed by atoms with Gasteiger partial charge in [-0.2, -0.15) is 0 Å². The third-order valence-electron chi connectivity index (χ3n) is 3.42. The molecule has 0 fully saturated rings. The maximum Gasteiger partial charge on any atom is 0.319 e. The van der Waals surface area contributed by atoms with Gasteiger partial charge in [0.2, 0.25) is 0 Å². The molecule has 0 spiro atoms. The minimum atomic E-state index is -0.424. The Bertz CT molecular complexity index is 730. The third-order valence-corrected chi connectivity index (χ3v) is 3.66. The molecule has 0 radical (unpaired) electrons. The Morgan fingerprint density at radius 2 is 1.83 bits per heavy atom. The molecule has 0 unspecified atom stereocenters. The SMILES string of the molecule is COc1ccc(Cl)cc1NC(=O)NCCC(=O)c1ccc(C)cc1. The summed E-state index contributed by atoms with van der Waals surface area (Å²) in [4.78, 5) is 24.0. The molecule has 2 aromatic carbocycles. The number of rotatable bonds is 6. The van der Waals surface area contributed by atoms with Crippen molar-refractivity contribution in [3.8, 4) is 5.75 Å². The molecule has 0 aromatic heterocycles. The van der Waals surface area contributed by atoms with Gasteiger partial charge in [-0.25, -0.2) is 4.79 Å². The Morgan fingerprint density at radius 3 is 2.50 bits per heavy atom. The second kappa shape index (κ2) is 8.36. The maximum atomic E-state index is 12.0. The van der Waals surface area contributed by atoms with Crippen LogP contribution in [0, 0.1) is 6.92 Å². The molecule has 2 N–H and O–H groups in total. The number of methoxy groups -OCH3 is 1. The van der Waals surface area contributed by atoms with Gasteiger partial charge in [0.05, 0.1) is 12.8 Å². The van der Waals surface area contributed by atoms with Gasteiger partial charge < -0.3 is 15.4 Å². The fraction of sp³-hybridized carbons (Fsp3) is 0.222. The number of anilines is 1. The molecule has 24 heavy (non-hydrogen) atoms. The number of ketones is 1. The zero-order chi connectivity index (χ0) is 17.5. The minimum Gasteiger partial charge on any atom is -0.495 e. The van der Waals surface area contributed by atoms with E-state index < -0.39 is 6.03 Å². The number of nitrogens with one attached hydrogen (secondary N) is 2. The molecule has 0 saturated heterocycles. The first-order valence-corrected chi connectivity index (χ1v) is 7.85. The van der Waals surface area contributed by atoms with E-state index in [1.54, 1.807) is 30.3 Å². The first kappa shape index (κ1) is 17.8. The van der Waals surface area contributed by atoms with E-state index in [1.807, 2.05) is 19.1 Å². The van der Waals surface area contributed by atoms with Crippen molar-refractivity contribution in [2.24, 2.45) is 0 Å². The Kier molecular flexibility index (Phi) is 6.21. The molecule has 2 aromatic rings. The number of benzene rings is 2. The van der Waals surface area contributed by atoms with Crippen molar-refractivity contribution in [2.75, 3.05) is 19.0 Å². The fourth-order valence-corrected chi connectivity index (χ4v) is 2.29. The van der Waals surface area contributed by atoms with Crippen LogP contribution in [0.15, 0.2) is 42.5 Å². The number of carbonyl (C=O) groups excluding carboxylic acids is 2. The highest BCUT2D eigenvalue weighted by Gasteiger charge is 2.09. The molecule has 2 rings (SSSR count). The normalized spacial score (nSPS) is 10.1. The molecule has 0 aliphatic rings. The molecule has 0 saturated carbocycles. The lowest BCUT2D eigenvalue weighted by Crippen LogP contribution is -2.30. The number of carbonyl (C=O) groups is 2. The Morgan fingerprint density at radius 1 is 1.12 bits per heavy atom. The molecule has 5 nitrogen and oxygen atoms in total. The Balaban J connectivity index is 1.84. The average molecular weight is 347 g/mol. The van der Waals surface area contributed by atoms with Gasteiger partial charge >= 0.3 is 6.03 Å². The van der Waals surface area contributed by atoms with Crippen LogP contribution in [0.25, 0.3) is 0 Å². The summed E-state index contributed by atoms with van der Waals surface area (Å²) in [7, 11) is 1.51. The molecule has 0 atom stereocenters. The molecular formula is C18H19ClN2O3. The summed E-state index contributed by atoms with van der Waals surface area (Å²) in [5.41, 5.74) is 2.20. The Hall–Kier alpha value is -2.53. The lowest BCUT2D eigenvalue weighted by atomic mass is 10.1. The molecule has 0 aliphatic carbocycles. The zero-order valence-electron chi connectivity index (χ0n) is 13.6. The summed E-state index contributed by atoms with van der Waals surface area (Å²) in [6.07, 6.45) is 0.225. The van der Waals surface area contributed by atoms with Gasteiger partial charge in [-0.15, -0.1) is 0 Å². The zero-order valence-corrected chi connectivity index (χ0v) is 14.3. The van der Waals surface area contributed by atoms with Crippen LogP contribution in [0.1, 0.15) is 22.3 Å². The van der Waals surface area contributed by atoms with Crippen LogP contribution < -0.4 is 15.4 Å². The first-order chi connectivity index (χ1) is 11.5. The van der Waals surface area contributed by atoms with Gasteiger partial charge in [-0.1, -0.05) is 41.4 Å². The van der Waals surface area contributed by atoms with E-state index in [2.05, 4.69) is 10.6 Å². The summed E-state index contributed by atoms with van der Waals surface area (Å²) >= 11 is 5.91. The third kappa shape index (κ3) is 4.99. The quantitative estimate of drug-likeness (QED) is 0.775. The van der Waals surface area contributed by atoms with Crippen LogP contribution >= 0.6 is 11.6 Å². The smallest absolute Gasteiger partial charge is 0.319 e. The minimum absolute atomic E-state index is 0.0179. The van der Waals surface area contributed by atoms with Crippen LogP contribution in [0.4, 0.5) is 10.5 Å². The van der Waals surface area contributed by atoms with Crippen molar-refractivity contribution in [2.45, 2.75) is 13.3 Å². The number of hydrogen-bond acceptors (Lipinski definition) is 3. The topological polar surface area (TPSA) is 67.4 Å². The highest BCUT2D eigenvalue weighted by Crippen LogP contribution is 2.27.